The third kappa shape index (κ3) is 4.06. The zero-order chi connectivity index (χ0) is 10.6. The molecular formula is C5H14N4O3S. The Morgan fingerprint density at radius 2 is 2.08 bits per heavy atom. The third-order valence-electron chi connectivity index (χ3n) is 1.35. The molecule has 0 aliphatic rings. The quantitative estimate of drug-likeness (QED) is 0.230. The highest BCUT2D eigenvalue weighted by Gasteiger charge is 2.21. The molecule has 0 amide bonds. The lowest BCUT2D eigenvalue weighted by atomic mass is 10.4. The van der Waals surface area contributed by atoms with Gasteiger partial charge in [-0.3, -0.25) is 0 Å². The first-order chi connectivity index (χ1) is 5.79. The third-order valence-corrected chi connectivity index (χ3v) is 2.55. The Morgan fingerprint density at radius 1 is 1.62 bits per heavy atom. The molecule has 0 bridgehead atoms. The average molecular weight is 210 g/mol. The van der Waals surface area contributed by atoms with Gasteiger partial charge in [-0.2, -0.15) is 12.7 Å². The van der Waals surface area contributed by atoms with E-state index in [4.69, 9.17) is 16.1 Å². The van der Waals surface area contributed by atoms with Crippen LogP contribution in [0.25, 0.3) is 0 Å². The van der Waals surface area contributed by atoms with Crippen LogP contribution in [0.5, 0.6) is 0 Å². The van der Waals surface area contributed by atoms with Gasteiger partial charge in [-0.25, -0.2) is 5.14 Å². The fourth-order valence-corrected chi connectivity index (χ4v) is 1.66. The van der Waals surface area contributed by atoms with Crippen molar-refractivity contribution in [2.45, 2.75) is 19.9 Å². The molecule has 7 nitrogen and oxygen atoms in total. The van der Waals surface area contributed by atoms with E-state index in [1.54, 1.807) is 13.8 Å². The van der Waals surface area contributed by atoms with Crippen LogP contribution in [0.2, 0.25) is 0 Å². The van der Waals surface area contributed by atoms with Crippen LogP contribution in [-0.4, -0.2) is 36.4 Å². The summed E-state index contributed by atoms with van der Waals surface area (Å²) in [6.07, 6.45) is 0. The molecule has 0 aromatic heterocycles. The van der Waals surface area contributed by atoms with Crippen LogP contribution >= 0.6 is 0 Å². The molecule has 0 aliphatic carbocycles. The monoisotopic (exact) mass is 210 g/mol. The maximum atomic E-state index is 10.9. The van der Waals surface area contributed by atoms with E-state index in [1.165, 1.54) is 0 Å². The summed E-state index contributed by atoms with van der Waals surface area (Å²) in [5.41, 5.74) is 5.15. The number of hydrogen-bond donors (Lipinski definition) is 3. The molecule has 0 aromatic rings. The average Bonchev–Trinajstić information content (AvgIpc) is 1.96. The minimum absolute atomic E-state index is 0.206. The maximum Gasteiger partial charge on any atom is 0.277 e. The molecule has 13 heavy (non-hydrogen) atoms. The van der Waals surface area contributed by atoms with Crippen molar-refractivity contribution in [1.82, 2.24) is 4.31 Å². The molecule has 0 aromatic carbocycles. The maximum absolute atomic E-state index is 10.9. The molecule has 78 valence electrons. The molecule has 0 aliphatic heterocycles. The molecule has 0 fully saturated rings. The van der Waals surface area contributed by atoms with Crippen molar-refractivity contribution in [2.75, 3.05) is 6.54 Å². The summed E-state index contributed by atoms with van der Waals surface area (Å²) in [5.74, 6) is -0.206. The number of nitrogens with zero attached hydrogens (tertiary/aromatic N) is 2. The Balaban J connectivity index is 4.66. The Hall–Kier alpha value is -0.860. The first kappa shape index (κ1) is 12.1. The molecule has 0 unspecified atom stereocenters. The van der Waals surface area contributed by atoms with E-state index >= 15 is 0 Å². The normalized spacial score (nSPS) is 14.1. The Morgan fingerprint density at radius 3 is 2.31 bits per heavy atom. The van der Waals surface area contributed by atoms with Gasteiger partial charge in [0.15, 0.2) is 5.84 Å². The van der Waals surface area contributed by atoms with Crippen LogP contribution in [0.15, 0.2) is 5.16 Å². The number of hydrogen-bond acceptors (Lipinski definition) is 4. The van der Waals surface area contributed by atoms with Crippen molar-refractivity contribution < 1.29 is 13.6 Å². The first-order valence-electron chi connectivity index (χ1n) is 3.55. The lowest BCUT2D eigenvalue weighted by molar-refractivity contribution is 0.312. The molecule has 0 saturated heterocycles. The Labute approximate surface area is 77.2 Å². The summed E-state index contributed by atoms with van der Waals surface area (Å²) in [6.45, 7) is 3.05. The largest absolute Gasteiger partial charge is 0.409 e. The zero-order valence-corrected chi connectivity index (χ0v) is 8.32. The second kappa shape index (κ2) is 4.40. The minimum Gasteiger partial charge on any atom is -0.409 e. The van der Waals surface area contributed by atoms with E-state index in [9.17, 15) is 8.42 Å². The lowest BCUT2D eigenvalue weighted by Gasteiger charge is -2.22. The van der Waals surface area contributed by atoms with Crippen LogP contribution in [-0.2, 0) is 10.2 Å². The van der Waals surface area contributed by atoms with Gasteiger partial charge in [-0.1, -0.05) is 5.16 Å². The predicted molar refractivity (Wildman–Crippen MR) is 48.4 cm³/mol. The molecule has 0 saturated carbocycles. The second-order valence-electron chi connectivity index (χ2n) is 2.78. The smallest absolute Gasteiger partial charge is 0.277 e. The van der Waals surface area contributed by atoms with Gasteiger partial charge in [0, 0.05) is 6.04 Å². The summed E-state index contributed by atoms with van der Waals surface area (Å²) < 4.78 is 22.8. The fourth-order valence-electron chi connectivity index (χ4n) is 0.758. The minimum atomic E-state index is -3.81. The molecule has 8 heteroatoms. The number of rotatable bonds is 4. The molecule has 0 radical (unpaired) electrons. The number of oxime groups is 1. The molecule has 0 spiro atoms. The highest BCUT2D eigenvalue weighted by Crippen LogP contribution is 2.01. The molecule has 0 atom stereocenters. The van der Waals surface area contributed by atoms with Crippen molar-refractivity contribution in [2.24, 2.45) is 16.0 Å². The summed E-state index contributed by atoms with van der Waals surface area (Å²) in [6, 6.07) is -0.338. The highest BCUT2D eigenvalue weighted by atomic mass is 32.2. The van der Waals surface area contributed by atoms with Gasteiger partial charge in [0.25, 0.3) is 10.2 Å². The Kier molecular flexibility index (Phi) is 4.11. The summed E-state index contributed by atoms with van der Waals surface area (Å²) in [7, 11) is -3.81. The van der Waals surface area contributed by atoms with Crippen LogP contribution in [0.1, 0.15) is 13.8 Å². The predicted octanol–water partition coefficient (Wildman–Crippen LogP) is -1.35. The van der Waals surface area contributed by atoms with Crippen molar-refractivity contribution in [3.05, 3.63) is 0 Å². The van der Waals surface area contributed by atoms with Gasteiger partial charge in [0.2, 0.25) is 0 Å². The van der Waals surface area contributed by atoms with Gasteiger partial charge in [-0.15, -0.1) is 0 Å². The van der Waals surface area contributed by atoms with E-state index in [0.717, 1.165) is 4.31 Å². The zero-order valence-electron chi connectivity index (χ0n) is 7.51. The molecular weight excluding hydrogens is 196 g/mol. The van der Waals surface area contributed by atoms with E-state index in [-0.39, 0.29) is 18.4 Å². The van der Waals surface area contributed by atoms with Crippen molar-refractivity contribution in [1.29, 1.82) is 0 Å². The van der Waals surface area contributed by atoms with Crippen molar-refractivity contribution >= 4 is 16.0 Å². The fraction of sp³-hybridized carbons (Fsp3) is 0.800. The topological polar surface area (TPSA) is 122 Å². The number of nitrogens with two attached hydrogens (primary N) is 2. The standard InChI is InChI=1S/C5H14N4O3S/c1-4(2)9(13(7,11)12)3-5(6)8-10/h4,10H,3H2,1-2H3,(H2,6,8)(H2,7,11,12). The van der Waals surface area contributed by atoms with Gasteiger partial charge >= 0.3 is 0 Å². The highest BCUT2D eigenvalue weighted by molar-refractivity contribution is 7.86. The van der Waals surface area contributed by atoms with Gasteiger partial charge in [0.05, 0.1) is 6.54 Å². The SMILES string of the molecule is CC(C)N(CC(N)=NO)S(N)(=O)=O. The number of amidine groups is 1. The van der Waals surface area contributed by atoms with Crippen molar-refractivity contribution in [3.63, 3.8) is 0 Å². The van der Waals surface area contributed by atoms with Crippen LogP contribution in [0.3, 0.4) is 0 Å². The summed E-state index contributed by atoms with van der Waals surface area (Å²) in [5, 5.41) is 15.8. The van der Waals surface area contributed by atoms with E-state index in [2.05, 4.69) is 5.16 Å². The van der Waals surface area contributed by atoms with Gasteiger partial charge in [-0.05, 0) is 13.8 Å². The van der Waals surface area contributed by atoms with Gasteiger partial charge in [0.1, 0.15) is 0 Å². The lowest BCUT2D eigenvalue weighted by Crippen LogP contribution is -2.46. The van der Waals surface area contributed by atoms with E-state index in [0.29, 0.717) is 0 Å². The van der Waals surface area contributed by atoms with Crippen LogP contribution < -0.4 is 10.9 Å². The second-order valence-corrected chi connectivity index (χ2v) is 4.27. The summed E-state index contributed by atoms with van der Waals surface area (Å²) in [4.78, 5) is 0. The first-order valence-corrected chi connectivity index (χ1v) is 5.05. The van der Waals surface area contributed by atoms with E-state index in [1.807, 2.05) is 0 Å². The summed E-state index contributed by atoms with van der Waals surface area (Å²) >= 11 is 0. The van der Waals surface area contributed by atoms with E-state index < -0.39 is 10.2 Å². The molecule has 0 rings (SSSR count). The van der Waals surface area contributed by atoms with Gasteiger partial charge < -0.3 is 10.9 Å². The van der Waals surface area contributed by atoms with Crippen molar-refractivity contribution in [3.8, 4) is 0 Å². The van der Waals surface area contributed by atoms with Crippen LogP contribution in [0.4, 0.5) is 0 Å². The molecule has 0 heterocycles. The Bertz CT molecular complexity index is 284. The van der Waals surface area contributed by atoms with Crippen LogP contribution in [0, 0.1) is 0 Å². The molecule has 5 N–H and O–H groups in total.